The number of methoxy groups -OCH3 is 1. The van der Waals surface area contributed by atoms with Gasteiger partial charge in [0.25, 0.3) is 0 Å². The highest BCUT2D eigenvalue weighted by atomic mass is 16.5. The highest BCUT2D eigenvalue weighted by Crippen LogP contribution is 2.71. The second kappa shape index (κ2) is 7.55. The van der Waals surface area contributed by atoms with Crippen LogP contribution in [0.3, 0.4) is 0 Å². The second-order valence-electron chi connectivity index (χ2n) is 10.4. The van der Waals surface area contributed by atoms with Crippen LogP contribution in [0.4, 0.5) is 5.69 Å². The number of allylic oxidation sites excluding steroid dienone is 2. The standard InChI is InChI=1S/C25H29NO8/c1-23(7-6-18(30)26-19-15(28)4-3-14(20(19)31)22(32)33-2)17(29)5-8-24-10-13-9-16(21(23)24)34-25(13,11-24)12-27/h3-5,8,13,16,21,27-28,31H,6-7,9-12H2,1-2H3,(H,26,30)/t13-,16+,21?,23-,24+,25-/m1/s1. The summed E-state index contributed by atoms with van der Waals surface area (Å²) in [4.78, 5) is 37.8. The molecule has 1 spiro atoms. The predicted octanol–water partition coefficient (Wildman–Crippen LogP) is 2.29. The molecule has 4 fully saturated rings. The number of amides is 1. The van der Waals surface area contributed by atoms with E-state index < -0.39 is 34.4 Å². The van der Waals surface area contributed by atoms with Crippen molar-refractivity contribution < 1.29 is 39.2 Å². The number of anilines is 1. The first-order valence-electron chi connectivity index (χ1n) is 11.5. The molecular weight excluding hydrogens is 442 g/mol. The number of aromatic hydroxyl groups is 2. The molecule has 4 N–H and O–H groups in total. The number of rotatable bonds is 6. The first kappa shape index (κ1) is 22.9. The van der Waals surface area contributed by atoms with Crippen LogP contribution < -0.4 is 5.32 Å². The molecule has 2 aliphatic heterocycles. The second-order valence-corrected chi connectivity index (χ2v) is 10.4. The van der Waals surface area contributed by atoms with Gasteiger partial charge in [-0.05, 0) is 55.2 Å². The van der Waals surface area contributed by atoms with E-state index in [0.29, 0.717) is 6.42 Å². The summed E-state index contributed by atoms with van der Waals surface area (Å²) in [6.45, 7) is 1.85. The van der Waals surface area contributed by atoms with Crippen molar-refractivity contribution in [1.82, 2.24) is 0 Å². The zero-order valence-corrected chi connectivity index (χ0v) is 19.2. The molecule has 9 nitrogen and oxygen atoms in total. The third-order valence-electron chi connectivity index (χ3n) is 8.67. The number of aliphatic hydroxyl groups is 1. The Kier molecular flexibility index (Phi) is 5.07. The Hall–Kier alpha value is -2.91. The summed E-state index contributed by atoms with van der Waals surface area (Å²) in [5, 5.41) is 33.0. The summed E-state index contributed by atoms with van der Waals surface area (Å²) in [7, 11) is 1.16. The lowest BCUT2D eigenvalue weighted by Gasteiger charge is -2.55. The van der Waals surface area contributed by atoms with E-state index in [9.17, 15) is 29.7 Å². The van der Waals surface area contributed by atoms with Gasteiger partial charge in [-0.25, -0.2) is 4.79 Å². The number of hydrogen-bond acceptors (Lipinski definition) is 8. The minimum Gasteiger partial charge on any atom is -0.506 e. The lowest BCUT2D eigenvalue weighted by atomic mass is 9.51. The maximum absolute atomic E-state index is 13.1. The molecule has 1 aromatic rings. The largest absolute Gasteiger partial charge is 0.506 e. The number of ketones is 1. The van der Waals surface area contributed by atoms with Gasteiger partial charge < -0.3 is 30.1 Å². The van der Waals surface area contributed by atoms with Crippen LogP contribution in [0.25, 0.3) is 0 Å². The van der Waals surface area contributed by atoms with Gasteiger partial charge in [0.15, 0.2) is 11.5 Å². The third kappa shape index (κ3) is 3.03. The molecule has 3 aliphatic carbocycles. The smallest absolute Gasteiger partial charge is 0.341 e. The zero-order chi connectivity index (χ0) is 24.5. The van der Waals surface area contributed by atoms with Crippen LogP contribution >= 0.6 is 0 Å². The number of carbonyl (C=O) groups is 3. The normalized spacial score (nSPS) is 37.0. The fourth-order valence-corrected chi connectivity index (χ4v) is 7.21. The highest BCUT2D eigenvalue weighted by molar-refractivity contribution is 6.01. The van der Waals surface area contributed by atoms with Gasteiger partial charge in [-0.1, -0.05) is 13.0 Å². The quantitative estimate of drug-likeness (QED) is 0.366. The number of benzene rings is 1. The first-order chi connectivity index (χ1) is 16.1. The van der Waals surface area contributed by atoms with E-state index in [1.54, 1.807) is 6.08 Å². The minimum atomic E-state index is -0.828. The van der Waals surface area contributed by atoms with Crippen LogP contribution in [0.15, 0.2) is 24.3 Å². The topological polar surface area (TPSA) is 142 Å². The Morgan fingerprint density at radius 1 is 1.29 bits per heavy atom. The van der Waals surface area contributed by atoms with Crippen LogP contribution in [0.5, 0.6) is 11.5 Å². The Morgan fingerprint density at radius 3 is 2.74 bits per heavy atom. The SMILES string of the molecule is COC(=O)c1ccc(O)c(NC(=O)CC[C@]2(C)C(=O)C=C[C@]34C[C@H]5C[C@H](O[C@@]5(CO)C3)C42)c1O. The maximum Gasteiger partial charge on any atom is 0.341 e. The molecule has 34 heavy (non-hydrogen) atoms. The zero-order valence-electron chi connectivity index (χ0n) is 19.2. The van der Waals surface area contributed by atoms with E-state index >= 15 is 0 Å². The van der Waals surface area contributed by atoms with Crippen molar-refractivity contribution >= 4 is 23.3 Å². The first-order valence-corrected chi connectivity index (χ1v) is 11.5. The Balaban J connectivity index is 1.35. The minimum absolute atomic E-state index is 0.0266. The molecule has 4 bridgehead atoms. The molecule has 0 radical (unpaired) electrons. The number of phenols is 2. The summed E-state index contributed by atoms with van der Waals surface area (Å²) in [6.07, 6.45) is 6.05. The van der Waals surface area contributed by atoms with Crippen molar-refractivity contribution in [2.75, 3.05) is 19.0 Å². The molecule has 2 heterocycles. The average molecular weight is 472 g/mol. The van der Waals surface area contributed by atoms with Gasteiger partial charge >= 0.3 is 5.97 Å². The van der Waals surface area contributed by atoms with Gasteiger partial charge in [-0.3, -0.25) is 9.59 Å². The molecule has 9 heteroatoms. The van der Waals surface area contributed by atoms with E-state index in [-0.39, 0.29) is 59.8 Å². The molecule has 1 unspecified atom stereocenters. The fraction of sp³-hybridized carbons (Fsp3) is 0.560. The Bertz CT molecular complexity index is 1110. The molecule has 6 rings (SSSR count). The van der Waals surface area contributed by atoms with Crippen molar-refractivity contribution in [1.29, 1.82) is 0 Å². The van der Waals surface area contributed by atoms with Crippen LogP contribution in [0.1, 0.15) is 49.4 Å². The Labute approximate surface area is 196 Å². The summed E-state index contributed by atoms with van der Waals surface area (Å²) in [5.74, 6) is -2.17. The van der Waals surface area contributed by atoms with Crippen molar-refractivity contribution in [3.63, 3.8) is 0 Å². The fourth-order valence-electron chi connectivity index (χ4n) is 7.21. The van der Waals surface area contributed by atoms with Crippen molar-refractivity contribution in [3.05, 3.63) is 29.8 Å². The van der Waals surface area contributed by atoms with E-state index in [0.717, 1.165) is 20.0 Å². The number of aliphatic hydroxyl groups excluding tert-OH is 1. The number of ether oxygens (including phenoxy) is 2. The molecule has 6 atom stereocenters. The summed E-state index contributed by atoms with van der Waals surface area (Å²) in [5.41, 5.74) is -2.05. The molecular formula is C25H29NO8. The lowest BCUT2D eigenvalue weighted by Crippen LogP contribution is -2.57. The van der Waals surface area contributed by atoms with Crippen molar-refractivity contribution in [2.45, 2.75) is 50.7 Å². The summed E-state index contributed by atoms with van der Waals surface area (Å²) in [6, 6.07) is 2.38. The highest BCUT2D eigenvalue weighted by Gasteiger charge is 2.72. The number of esters is 1. The van der Waals surface area contributed by atoms with Gasteiger partial charge in [-0.2, -0.15) is 0 Å². The van der Waals surface area contributed by atoms with Crippen LogP contribution in [0.2, 0.25) is 0 Å². The number of hydrogen-bond donors (Lipinski definition) is 4. The average Bonchev–Trinajstić information content (AvgIpc) is 3.22. The number of nitrogens with one attached hydrogen (secondary N) is 1. The van der Waals surface area contributed by atoms with Crippen LogP contribution in [-0.4, -0.2) is 58.4 Å². The summed E-state index contributed by atoms with van der Waals surface area (Å²) < 4.78 is 10.9. The molecule has 0 aromatic heterocycles. The molecule has 1 amide bonds. The molecule has 5 aliphatic rings. The van der Waals surface area contributed by atoms with E-state index in [1.807, 2.05) is 13.0 Å². The third-order valence-corrected chi connectivity index (χ3v) is 8.67. The van der Waals surface area contributed by atoms with Gasteiger partial charge in [-0.15, -0.1) is 0 Å². The van der Waals surface area contributed by atoms with Gasteiger partial charge in [0.05, 0.1) is 25.4 Å². The number of phenolic OH excluding ortho intramolecular Hbond substituents is 2. The van der Waals surface area contributed by atoms with E-state index in [2.05, 4.69) is 10.1 Å². The molecule has 1 aromatic carbocycles. The maximum atomic E-state index is 13.1. The van der Waals surface area contributed by atoms with Crippen LogP contribution in [0, 0.1) is 22.7 Å². The van der Waals surface area contributed by atoms with Gasteiger partial charge in [0.2, 0.25) is 5.91 Å². The van der Waals surface area contributed by atoms with E-state index in [1.165, 1.54) is 12.1 Å². The van der Waals surface area contributed by atoms with Crippen molar-refractivity contribution in [2.24, 2.45) is 22.7 Å². The lowest BCUT2D eigenvalue weighted by molar-refractivity contribution is -0.181. The van der Waals surface area contributed by atoms with Gasteiger partial charge in [0.1, 0.15) is 17.0 Å². The van der Waals surface area contributed by atoms with Crippen molar-refractivity contribution in [3.8, 4) is 11.5 Å². The van der Waals surface area contributed by atoms with E-state index in [4.69, 9.17) is 4.74 Å². The monoisotopic (exact) mass is 471 g/mol. The summed E-state index contributed by atoms with van der Waals surface area (Å²) >= 11 is 0. The van der Waals surface area contributed by atoms with Crippen LogP contribution in [-0.2, 0) is 19.1 Å². The Morgan fingerprint density at radius 2 is 2.06 bits per heavy atom. The molecule has 2 saturated carbocycles. The van der Waals surface area contributed by atoms with Gasteiger partial charge in [0, 0.05) is 17.8 Å². The molecule has 182 valence electrons. The molecule has 2 saturated heterocycles. The predicted molar refractivity (Wildman–Crippen MR) is 119 cm³/mol. The number of carbonyl (C=O) groups excluding carboxylic acids is 3.